The van der Waals surface area contributed by atoms with Crippen molar-refractivity contribution in [3.63, 3.8) is 0 Å². The van der Waals surface area contributed by atoms with Crippen molar-refractivity contribution in [1.82, 2.24) is 15.0 Å². The molecular formula is C14H19N5. The molecule has 0 saturated heterocycles. The summed E-state index contributed by atoms with van der Waals surface area (Å²) in [6.45, 7) is 5.78. The van der Waals surface area contributed by atoms with Crippen LogP contribution >= 0.6 is 0 Å². The molecule has 0 saturated carbocycles. The topological polar surface area (TPSA) is 67.9 Å². The summed E-state index contributed by atoms with van der Waals surface area (Å²) in [5.74, 6) is 2.18. The van der Waals surface area contributed by atoms with Crippen LogP contribution in [0.2, 0.25) is 0 Å². The van der Waals surface area contributed by atoms with E-state index < -0.39 is 0 Å². The second-order valence-corrected chi connectivity index (χ2v) is 4.29. The molecule has 0 amide bonds. The monoisotopic (exact) mass is 257 g/mol. The van der Waals surface area contributed by atoms with E-state index in [1.165, 1.54) is 5.56 Å². The Hall–Kier alpha value is -2.17. The molecule has 0 unspecified atom stereocenters. The Morgan fingerprint density at radius 1 is 1.16 bits per heavy atom. The molecular weight excluding hydrogens is 238 g/mol. The Labute approximate surface area is 113 Å². The highest BCUT2D eigenvalue weighted by atomic mass is 15.2. The van der Waals surface area contributed by atoms with Gasteiger partial charge in [0.05, 0.1) is 0 Å². The molecule has 5 heteroatoms. The number of hydrogen-bond acceptors (Lipinski definition) is 5. The largest absolute Gasteiger partial charge is 0.384 e. The van der Waals surface area contributed by atoms with Crippen LogP contribution in [0.4, 0.5) is 11.6 Å². The van der Waals surface area contributed by atoms with Gasteiger partial charge < -0.3 is 10.6 Å². The Balaban J connectivity index is 2.24. The molecule has 2 N–H and O–H groups in total. The van der Waals surface area contributed by atoms with Crippen molar-refractivity contribution < 1.29 is 0 Å². The second kappa shape index (κ2) is 6.13. The number of anilines is 2. The highest BCUT2D eigenvalue weighted by Gasteiger charge is 2.09. The zero-order chi connectivity index (χ0) is 13.7. The van der Waals surface area contributed by atoms with Gasteiger partial charge in [0.25, 0.3) is 0 Å². The van der Waals surface area contributed by atoms with Gasteiger partial charge >= 0.3 is 0 Å². The van der Waals surface area contributed by atoms with Crippen LogP contribution in [0.3, 0.4) is 0 Å². The molecule has 5 nitrogen and oxygen atoms in total. The lowest BCUT2D eigenvalue weighted by Crippen LogP contribution is -2.24. The number of aromatic nitrogens is 3. The molecule has 0 aliphatic heterocycles. The van der Waals surface area contributed by atoms with Crippen LogP contribution in [0.1, 0.15) is 25.2 Å². The van der Waals surface area contributed by atoms with Gasteiger partial charge in [0.15, 0.2) is 0 Å². The lowest BCUT2D eigenvalue weighted by atomic mass is 10.2. The third kappa shape index (κ3) is 3.40. The van der Waals surface area contributed by atoms with Crippen LogP contribution in [-0.4, -0.2) is 21.5 Å². The van der Waals surface area contributed by atoms with Gasteiger partial charge in [0, 0.05) is 38.0 Å². The van der Waals surface area contributed by atoms with Crippen LogP contribution < -0.4 is 10.6 Å². The number of nitrogen functional groups attached to an aromatic ring is 1. The minimum Gasteiger partial charge on any atom is -0.384 e. The molecule has 0 aliphatic carbocycles. The zero-order valence-electron chi connectivity index (χ0n) is 11.4. The summed E-state index contributed by atoms with van der Waals surface area (Å²) in [5, 5.41) is 0. The van der Waals surface area contributed by atoms with E-state index in [4.69, 9.17) is 5.73 Å². The van der Waals surface area contributed by atoms with Crippen LogP contribution in [0, 0.1) is 0 Å². The van der Waals surface area contributed by atoms with Crippen molar-refractivity contribution in [2.24, 2.45) is 0 Å². The molecule has 0 radical (unpaired) electrons. The fourth-order valence-corrected chi connectivity index (χ4v) is 1.89. The van der Waals surface area contributed by atoms with Gasteiger partial charge in [-0.15, -0.1) is 0 Å². The highest BCUT2D eigenvalue weighted by molar-refractivity contribution is 5.47. The molecule has 2 aromatic heterocycles. The van der Waals surface area contributed by atoms with E-state index in [0.717, 1.165) is 31.2 Å². The Bertz CT molecular complexity index is 527. The van der Waals surface area contributed by atoms with Gasteiger partial charge in [-0.2, -0.15) is 0 Å². The highest BCUT2D eigenvalue weighted by Crippen LogP contribution is 2.17. The minimum atomic E-state index is 0.523. The van der Waals surface area contributed by atoms with Crippen LogP contribution in [-0.2, 0) is 13.0 Å². The summed E-state index contributed by atoms with van der Waals surface area (Å²) in [4.78, 5) is 14.9. The number of nitrogens with two attached hydrogens (primary N) is 1. The molecule has 0 bridgehead atoms. The first-order chi connectivity index (χ1) is 9.22. The van der Waals surface area contributed by atoms with E-state index in [1.54, 1.807) is 12.4 Å². The van der Waals surface area contributed by atoms with Crippen LogP contribution in [0.25, 0.3) is 0 Å². The average molecular weight is 257 g/mol. The van der Waals surface area contributed by atoms with Crippen molar-refractivity contribution in [2.75, 3.05) is 17.2 Å². The normalized spacial score (nSPS) is 10.4. The van der Waals surface area contributed by atoms with E-state index in [2.05, 4.69) is 26.8 Å². The minimum absolute atomic E-state index is 0.523. The maximum Gasteiger partial charge on any atom is 0.134 e. The number of hydrogen-bond donors (Lipinski definition) is 1. The standard InChI is InChI=1S/C14H19N5/c1-3-13-17-12(15)9-14(18-13)19(4-2)10-11-5-7-16-8-6-11/h5-9H,3-4,10H2,1-2H3,(H2,15,17,18). The van der Waals surface area contributed by atoms with Crippen LogP contribution in [0.5, 0.6) is 0 Å². The molecule has 0 aromatic carbocycles. The van der Waals surface area contributed by atoms with Gasteiger partial charge in [-0.05, 0) is 24.6 Å². The van der Waals surface area contributed by atoms with Gasteiger partial charge in [0.2, 0.25) is 0 Å². The summed E-state index contributed by atoms with van der Waals surface area (Å²) in [6, 6.07) is 5.84. The number of rotatable bonds is 5. The van der Waals surface area contributed by atoms with Crippen molar-refractivity contribution >= 4 is 11.6 Å². The van der Waals surface area contributed by atoms with Gasteiger partial charge in [-0.3, -0.25) is 4.98 Å². The van der Waals surface area contributed by atoms with Crippen molar-refractivity contribution in [2.45, 2.75) is 26.8 Å². The average Bonchev–Trinajstić information content (AvgIpc) is 2.45. The van der Waals surface area contributed by atoms with Crippen LogP contribution in [0.15, 0.2) is 30.6 Å². The molecule has 0 spiro atoms. The number of aryl methyl sites for hydroxylation is 1. The predicted octanol–water partition coefficient (Wildman–Crippen LogP) is 2.04. The molecule has 19 heavy (non-hydrogen) atoms. The number of pyridine rings is 1. The first kappa shape index (κ1) is 13.3. The molecule has 2 rings (SSSR count). The second-order valence-electron chi connectivity index (χ2n) is 4.29. The quantitative estimate of drug-likeness (QED) is 0.887. The third-order valence-electron chi connectivity index (χ3n) is 2.92. The molecule has 100 valence electrons. The Morgan fingerprint density at radius 2 is 1.89 bits per heavy atom. The molecule has 0 atom stereocenters. The Morgan fingerprint density at radius 3 is 2.53 bits per heavy atom. The molecule has 0 fully saturated rings. The van der Waals surface area contributed by atoms with Crippen molar-refractivity contribution in [3.8, 4) is 0 Å². The van der Waals surface area contributed by atoms with Crippen molar-refractivity contribution in [3.05, 3.63) is 42.0 Å². The van der Waals surface area contributed by atoms with Gasteiger partial charge in [-0.25, -0.2) is 9.97 Å². The summed E-state index contributed by atoms with van der Waals surface area (Å²) in [5.41, 5.74) is 7.03. The lowest BCUT2D eigenvalue weighted by molar-refractivity contribution is 0.797. The van der Waals surface area contributed by atoms with Gasteiger partial charge in [-0.1, -0.05) is 6.92 Å². The summed E-state index contributed by atoms with van der Waals surface area (Å²) in [7, 11) is 0. The van der Waals surface area contributed by atoms with E-state index >= 15 is 0 Å². The first-order valence-electron chi connectivity index (χ1n) is 6.50. The Kier molecular flexibility index (Phi) is 4.28. The third-order valence-corrected chi connectivity index (χ3v) is 2.92. The fourth-order valence-electron chi connectivity index (χ4n) is 1.89. The maximum absolute atomic E-state index is 5.83. The maximum atomic E-state index is 5.83. The fraction of sp³-hybridized carbons (Fsp3) is 0.357. The van der Waals surface area contributed by atoms with E-state index in [0.29, 0.717) is 5.82 Å². The molecule has 2 heterocycles. The molecule has 2 aromatic rings. The van der Waals surface area contributed by atoms with E-state index in [-0.39, 0.29) is 0 Å². The number of nitrogens with zero attached hydrogens (tertiary/aromatic N) is 4. The predicted molar refractivity (Wildman–Crippen MR) is 76.8 cm³/mol. The molecule has 0 aliphatic rings. The smallest absolute Gasteiger partial charge is 0.134 e. The SMILES string of the molecule is CCc1nc(N)cc(N(CC)Cc2ccncc2)n1. The van der Waals surface area contributed by atoms with Crippen molar-refractivity contribution in [1.29, 1.82) is 0 Å². The van der Waals surface area contributed by atoms with Gasteiger partial charge in [0.1, 0.15) is 17.5 Å². The summed E-state index contributed by atoms with van der Waals surface area (Å²) >= 11 is 0. The summed E-state index contributed by atoms with van der Waals surface area (Å²) in [6.07, 6.45) is 4.38. The van der Waals surface area contributed by atoms with E-state index in [1.807, 2.05) is 25.1 Å². The lowest BCUT2D eigenvalue weighted by Gasteiger charge is -2.22. The summed E-state index contributed by atoms with van der Waals surface area (Å²) < 4.78 is 0. The van der Waals surface area contributed by atoms with E-state index in [9.17, 15) is 0 Å². The zero-order valence-corrected chi connectivity index (χ0v) is 11.4. The first-order valence-corrected chi connectivity index (χ1v) is 6.50.